The zero-order valence-electron chi connectivity index (χ0n) is 25.0. The number of benzene rings is 2. The number of morpholine rings is 1. The molecule has 11 nitrogen and oxygen atoms in total. The molecule has 0 saturated carbocycles. The Morgan fingerprint density at radius 3 is 2.23 bits per heavy atom. The first-order valence-corrected chi connectivity index (χ1v) is 16.4. The van der Waals surface area contributed by atoms with Crippen LogP contribution < -0.4 is 23.5 Å². The van der Waals surface area contributed by atoms with Crippen molar-refractivity contribution in [1.82, 2.24) is 4.90 Å². The van der Waals surface area contributed by atoms with E-state index in [9.17, 15) is 13.2 Å². The van der Waals surface area contributed by atoms with Gasteiger partial charge < -0.3 is 23.7 Å². The number of ether oxygens (including phenoxy) is 5. The summed E-state index contributed by atoms with van der Waals surface area (Å²) >= 11 is 12.9. The van der Waals surface area contributed by atoms with Crippen LogP contribution in [0.25, 0.3) is 0 Å². The van der Waals surface area contributed by atoms with E-state index in [0.29, 0.717) is 71.3 Å². The van der Waals surface area contributed by atoms with E-state index in [1.54, 1.807) is 36.7 Å². The van der Waals surface area contributed by atoms with E-state index < -0.39 is 22.1 Å². The Bertz CT molecular complexity index is 1550. The summed E-state index contributed by atoms with van der Waals surface area (Å²) in [5.41, 5.74) is 1.53. The molecular formula is C30H36Cl2N3O8S+. The fourth-order valence-corrected chi connectivity index (χ4v) is 6.31. The first-order valence-electron chi connectivity index (χ1n) is 13.8. The summed E-state index contributed by atoms with van der Waals surface area (Å²) in [5, 5.41) is 0.740. The van der Waals surface area contributed by atoms with Gasteiger partial charge in [-0.05, 0) is 35.9 Å². The SMILES string of the molecule is COc1ccc([C@H](Cc2c(Cl)c[nH+]cc2Cl)OC(=O)c2ccc(OC)c(N(CCN3CCOCC3)S(C)(=O)=O)c2)cc1OC. The van der Waals surface area contributed by atoms with Crippen LogP contribution in [0.5, 0.6) is 17.2 Å². The van der Waals surface area contributed by atoms with E-state index in [-0.39, 0.29) is 24.2 Å². The maximum absolute atomic E-state index is 13.7. The van der Waals surface area contributed by atoms with Crippen LogP contribution >= 0.6 is 23.2 Å². The number of methoxy groups -OCH3 is 3. The molecule has 1 aromatic heterocycles. The zero-order chi connectivity index (χ0) is 31.9. The molecule has 2 aromatic carbocycles. The van der Waals surface area contributed by atoms with Crippen LogP contribution in [0.4, 0.5) is 5.69 Å². The summed E-state index contributed by atoms with van der Waals surface area (Å²) in [4.78, 5) is 18.7. The number of H-pyrrole nitrogens is 1. The number of aromatic amines is 1. The Morgan fingerprint density at radius 1 is 0.977 bits per heavy atom. The molecule has 3 aromatic rings. The van der Waals surface area contributed by atoms with Crippen LogP contribution in [0.3, 0.4) is 0 Å². The molecule has 2 heterocycles. The molecule has 0 amide bonds. The molecule has 1 N–H and O–H groups in total. The largest absolute Gasteiger partial charge is 0.495 e. The molecule has 0 unspecified atom stereocenters. The number of carbonyl (C=O) groups is 1. The highest BCUT2D eigenvalue weighted by molar-refractivity contribution is 7.92. The molecule has 1 saturated heterocycles. The molecule has 1 fully saturated rings. The minimum Gasteiger partial charge on any atom is -0.495 e. The van der Waals surface area contributed by atoms with Crippen molar-refractivity contribution in [2.75, 3.05) is 71.3 Å². The van der Waals surface area contributed by atoms with Gasteiger partial charge >= 0.3 is 5.97 Å². The summed E-state index contributed by atoms with van der Waals surface area (Å²) in [7, 11) is 0.736. The minimum absolute atomic E-state index is 0.130. The summed E-state index contributed by atoms with van der Waals surface area (Å²) in [6.45, 7) is 3.21. The molecule has 0 bridgehead atoms. The second-order valence-corrected chi connectivity index (χ2v) is 12.7. The third kappa shape index (κ3) is 8.24. The minimum atomic E-state index is -3.74. The van der Waals surface area contributed by atoms with Gasteiger partial charge in [-0.2, -0.15) is 0 Å². The molecule has 1 atom stereocenters. The molecular weight excluding hydrogens is 633 g/mol. The van der Waals surface area contributed by atoms with Gasteiger partial charge in [0.25, 0.3) is 0 Å². The first kappa shape index (κ1) is 33.6. The maximum atomic E-state index is 13.7. The number of hydrogen-bond acceptors (Lipinski definition) is 9. The van der Waals surface area contributed by atoms with E-state index in [1.165, 1.54) is 37.8 Å². The van der Waals surface area contributed by atoms with Crippen LogP contribution in [-0.2, 0) is 25.9 Å². The summed E-state index contributed by atoms with van der Waals surface area (Å²) in [5.74, 6) is 0.555. The fourth-order valence-electron chi connectivity index (χ4n) is 4.87. The highest BCUT2D eigenvalue weighted by Gasteiger charge is 2.27. The van der Waals surface area contributed by atoms with E-state index in [0.717, 1.165) is 6.26 Å². The Hall–Kier alpha value is -3.29. The second kappa shape index (κ2) is 15.1. The van der Waals surface area contributed by atoms with Crippen LogP contribution in [0.1, 0.15) is 27.6 Å². The topological polar surface area (TPSA) is 118 Å². The van der Waals surface area contributed by atoms with Crippen LogP contribution in [0, 0.1) is 0 Å². The highest BCUT2D eigenvalue weighted by Crippen LogP contribution is 2.36. The van der Waals surface area contributed by atoms with E-state index in [1.807, 2.05) is 0 Å². The summed E-state index contributed by atoms with van der Waals surface area (Å²) in [6, 6.07) is 9.71. The van der Waals surface area contributed by atoms with Gasteiger partial charge in [0.15, 0.2) is 23.9 Å². The van der Waals surface area contributed by atoms with Crippen molar-refractivity contribution < 1.29 is 41.9 Å². The zero-order valence-corrected chi connectivity index (χ0v) is 27.3. The number of carbonyl (C=O) groups excluding carboxylic acids is 1. The third-order valence-electron chi connectivity index (χ3n) is 7.22. The number of rotatable bonds is 13. The Kier molecular flexibility index (Phi) is 11.6. The lowest BCUT2D eigenvalue weighted by molar-refractivity contribution is -0.377. The number of anilines is 1. The molecule has 0 radical (unpaired) electrons. The van der Waals surface area contributed by atoms with Crippen molar-refractivity contribution in [3.63, 3.8) is 0 Å². The number of aromatic nitrogens is 1. The lowest BCUT2D eigenvalue weighted by Crippen LogP contribution is -2.43. The van der Waals surface area contributed by atoms with Crippen molar-refractivity contribution in [3.8, 4) is 17.2 Å². The van der Waals surface area contributed by atoms with E-state index in [2.05, 4.69) is 9.88 Å². The Morgan fingerprint density at radius 2 is 1.61 bits per heavy atom. The van der Waals surface area contributed by atoms with Crippen LogP contribution in [-0.4, -0.2) is 86.3 Å². The third-order valence-corrected chi connectivity index (χ3v) is 9.08. The molecule has 14 heteroatoms. The Labute approximate surface area is 267 Å². The predicted molar refractivity (Wildman–Crippen MR) is 167 cm³/mol. The number of hydrogen-bond donors (Lipinski definition) is 0. The molecule has 0 aliphatic carbocycles. The lowest BCUT2D eigenvalue weighted by atomic mass is 10.0. The van der Waals surface area contributed by atoms with Crippen molar-refractivity contribution in [2.24, 2.45) is 0 Å². The normalized spacial score (nSPS) is 14.5. The number of halogens is 2. The highest BCUT2D eigenvalue weighted by atomic mass is 35.5. The average Bonchev–Trinajstić information content (AvgIpc) is 3.01. The number of pyridine rings is 1. The number of sulfonamides is 1. The maximum Gasteiger partial charge on any atom is 0.338 e. The summed E-state index contributed by atoms with van der Waals surface area (Å²) in [6.07, 6.45) is 3.59. The van der Waals surface area contributed by atoms with Crippen LogP contribution in [0.15, 0.2) is 48.8 Å². The second-order valence-electron chi connectivity index (χ2n) is 10.0. The average molecular weight is 670 g/mol. The number of nitrogens with one attached hydrogen (secondary N) is 1. The van der Waals surface area contributed by atoms with E-state index in [4.69, 9.17) is 46.9 Å². The van der Waals surface area contributed by atoms with Crippen LogP contribution in [0.2, 0.25) is 10.0 Å². The van der Waals surface area contributed by atoms with Gasteiger partial charge in [-0.15, -0.1) is 0 Å². The number of nitrogens with zero attached hydrogens (tertiary/aromatic N) is 2. The van der Waals surface area contributed by atoms with Crippen molar-refractivity contribution in [3.05, 3.63) is 75.5 Å². The lowest BCUT2D eigenvalue weighted by Gasteiger charge is -2.30. The fraction of sp³-hybridized carbons (Fsp3) is 0.400. The first-order chi connectivity index (χ1) is 21.0. The van der Waals surface area contributed by atoms with Gasteiger partial charge in [0.1, 0.15) is 21.9 Å². The van der Waals surface area contributed by atoms with Crippen molar-refractivity contribution >= 4 is 44.9 Å². The molecule has 4 rings (SSSR count). The van der Waals surface area contributed by atoms with Gasteiger partial charge in [-0.3, -0.25) is 9.21 Å². The Balaban J connectivity index is 1.68. The smallest absolute Gasteiger partial charge is 0.338 e. The molecule has 44 heavy (non-hydrogen) atoms. The number of esters is 1. The van der Waals surface area contributed by atoms with Gasteiger partial charge in [-0.1, -0.05) is 29.3 Å². The standard InChI is InChI=1S/C30H35Cl2N3O8S/c1-39-26-7-6-21(15-25(26)35(44(4,37)38)10-9-34-11-13-42-14-12-34)30(36)43-28(17-22-23(31)18-33-19-24(22)32)20-5-8-27(40-2)29(16-20)41-3/h5-8,15-16,18-19,28H,9-14,17H2,1-4H3/p+1/t28-/m0/s1. The molecule has 238 valence electrons. The molecule has 1 aliphatic rings. The monoisotopic (exact) mass is 668 g/mol. The van der Waals surface area contributed by atoms with Crippen molar-refractivity contribution in [2.45, 2.75) is 12.5 Å². The van der Waals surface area contributed by atoms with Crippen molar-refractivity contribution in [1.29, 1.82) is 0 Å². The van der Waals surface area contributed by atoms with Gasteiger partial charge in [0, 0.05) is 38.2 Å². The molecule has 0 spiro atoms. The summed E-state index contributed by atoms with van der Waals surface area (Å²) < 4.78 is 55.0. The van der Waals surface area contributed by atoms with E-state index >= 15 is 0 Å². The van der Waals surface area contributed by atoms with Gasteiger partial charge in [0.2, 0.25) is 10.0 Å². The molecule has 1 aliphatic heterocycles. The predicted octanol–water partition coefficient (Wildman–Crippen LogP) is 4.07. The van der Waals surface area contributed by atoms with Gasteiger partial charge in [-0.25, -0.2) is 18.2 Å². The van der Waals surface area contributed by atoms with Gasteiger partial charge in [0.05, 0.1) is 52.0 Å². The quantitative estimate of drug-likeness (QED) is 0.248.